The Labute approximate surface area is 468 Å². The standard InChI is InChI=1S/C66H116NO8P/c1-6-8-10-12-14-16-18-20-22-24-25-26-27-28-29-30-31-32-33-34-35-36-37-38-39-40-41-43-45-47-49-51-53-55-57-59-66(69)75-64(63-74-76(70,71)73-61-60-67(3,4)5)62-72-65(68)58-56-54-52-50-48-46-44-42-23-21-19-17-15-13-11-9-7-2/h8,10,14,16,20-23,25-26,28-29,31-32,34-35,64H,6-7,9,11-13,15,17-19,24,27,30,33,36-63H2,1-5H3/b10-8-,16-14-,22-20-,23-21-,26-25-,29-28-,32-31-,35-34-. The Morgan fingerprint density at radius 2 is 0.750 bits per heavy atom. The van der Waals surface area contributed by atoms with Crippen LogP contribution >= 0.6 is 7.82 Å². The van der Waals surface area contributed by atoms with E-state index in [0.29, 0.717) is 17.4 Å². The van der Waals surface area contributed by atoms with Gasteiger partial charge in [0.15, 0.2) is 6.10 Å². The van der Waals surface area contributed by atoms with Crippen LogP contribution in [-0.2, 0) is 32.7 Å². The molecule has 0 spiro atoms. The second-order valence-corrected chi connectivity index (χ2v) is 23.1. The van der Waals surface area contributed by atoms with Crippen molar-refractivity contribution in [3.8, 4) is 0 Å². The van der Waals surface area contributed by atoms with Gasteiger partial charge in [-0.05, 0) is 96.3 Å². The van der Waals surface area contributed by atoms with Gasteiger partial charge >= 0.3 is 11.9 Å². The summed E-state index contributed by atoms with van der Waals surface area (Å²) in [6.07, 6.45) is 77.5. The first kappa shape index (κ1) is 72.9. The van der Waals surface area contributed by atoms with Crippen LogP contribution in [0.3, 0.4) is 0 Å². The van der Waals surface area contributed by atoms with Gasteiger partial charge in [0.2, 0.25) is 0 Å². The Morgan fingerprint density at radius 1 is 0.421 bits per heavy atom. The summed E-state index contributed by atoms with van der Waals surface area (Å²) in [5, 5.41) is 0. The summed E-state index contributed by atoms with van der Waals surface area (Å²) >= 11 is 0. The van der Waals surface area contributed by atoms with Crippen molar-refractivity contribution in [3.63, 3.8) is 0 Å². The lowest BCUT2D eigenvalue weighted by Gasteiger charge is -2.28. The average molecular weight is 1080 g/mol. The summed E-state index contributed by atoms with van der Waals surface area (Å²) < 4.78 is 34.2. The first-order valence-corrected chi connectivity index (χ1v) is 32.4. The third-order valence-electron chi connectivity index (χ3n) is 13.1. The van der Waals surface area contributed by atoms with Crippen molar-refractivity contribution in [2.24, 2.45) is 0 Å². The monoisotopic (exact) mass is 1080 g/mol. The second kappa shape index (κ2) is 56.6. The largest absolute Gasteiger partial charge is 0.756 e. The number of esters is 2. The number of carbonyl (C=O) groups excluding carboxylic acids is 2. The van der Waals surface area contributed by atoms with Crippen LogP contribution in [0.2, 0.25) is 0 Å². The number of allylic oxidation sites excluding steroid dienone is 16. The maximum absolute atomic E-state index is 12.8. The number of hydrogen-bond acceptors (Lipinski definition) is 8. The quantitative estimate of drug-likeness (QED) is 0.0195. The van der Waals surface area contributed by atoms with Gasteiger partial charge in [-0.1, -0.05) is 246 Å². The normalized spacial score (nSPS) is 13.9. The molecule has 0 bridgehead atoms. The number of phosphoric ester groups is 1. The van der Waals surface area contributed by atoms with E-state index in [1.165, 1.54) is 128 Å². The summed E-state index contributed by atoms with van der Waals surface area (Å²) in [4.78, 5) is 37.9. The highest BCUT2D eigenvalue weighted by atomic mass is 31.2. The molecule has 0 N–H and O–H groups in total. The molecule has 0 aliphatic carbocycles. The first-order chi connectivity index (χ1) is 37.0. The van der Waals surface area contributed by atoms with Crippen molar-refractivity contribution >= 4 is 19.8 Å². The summed E-state index contributed by atoms with van der Waals surface area (Å²) in [6, 6.07) is 0. The van der Waals surface area contributed by atoms with E-state index in [4.69, 9.17) is 18.5 Å². The van der Waals surface area contributed by atoms with Crippen molar-refractivity contribution in [2.45, 2.75) is 264 Å². The molecule has 9 nitrogen and oxygen atoms in total. The van der Waals surface area contributed by atoms with Crippen molar-refractivity contribution < 1.29 is 42.1 Å². The van der Waals surface area contributed by atoms with E-state index in [2.05, 4.69) is 111 Å². The highest BCUT2D eigenvalue weighted by molar-refractivity contribution is 7.45. The van der Waals surface area contributed by atoms with Crippen LogP contribution in [0.4, 0.5) is 0 Å². The lowest BCUT2D eigenvalue weighted by Crippen LogP contribution is -2.37. The minimum atomic E-state index is -4.64. The Bertz CT molecular complexity index is 1600. The molecule has 0 saturated heterocycles. The summed E-state index contributed by atoms with van der Waals surface area (Å²) in [5.41, 5.74) is 0. The van der Waals surface area contributed by atoms with Crippen LogP contribution in [0.5, 0.6) is 0 Å². The molecule has 0 aliphatic rings. The fourth-order valence-electron chi connectivity index (χ4n) is 8.34. The molecule has 0 saturated carbocycles. The minimum absolute atomic E-state index is 0.0345. The van der Waals surface area contributed by atoms with Crippen LogP contribution < -0.4 is 4.89 Å². The van der Waals surface area contributed by atoms with Gasteiger partial charge in [-0.3, -0.25) is 14.2 Å². The number of rotatable bonds is 56. The number of phosphoric acid groups is 1. The van der Waals surface area contributed by atoms with E-state index < -0.39 is 26.5 Å². The molecule has 0 rings (SSSR count). The molecule has 438 valence electrons. The number of quaternary nitrogens is 1. The number of ether oxygens (including phenoxy) is 2. The molecule has 0 amide bonds. The number of carbonyl (C=O) groups is 2. The van der Waals surface area contributed by atoms with Crippen LogP contribution in [0, 0.1) is 0 Å². The Morgan fingerprint density at radius 3 is 1.13 bits per heavy atom. The maximum Gasteiger partial charge on any atom is 0.306 e. The molecule has 0 aromatic heterocycles. The molecule has 0 aromatic rings. The highest BCUT2D eigenvalue weighted by Crippen LogP contribution is 2.38. The molecular formula is C66H116NO8P. The first-order valence-electron chi connectivity index (χ1n) is 30.9. The van der Waals surface area contributed by atoms with Gasteiger partial charge in [0.05, 0.1) is 27.7 Å². The van der Waals surface area contributed by atoms with E-state index in [1.807, 2.05) is 21.1 Å². The van der Waals surface area contributed by atoms with Crippen LogP contribution in [-0.4, -0.2) is 70.0 Å². The number of hydrogen-bond donors (Lipinski definition) is 0. The summed E-state index contributed by atoms with van der Waals surface area (Å²) in [7, 11) is 1.16. The molecule has 0 fully saturated rings. The molecule has 76 heavy (non-hydrogen) atoms. The third kappa shape index (κ3) is 60.2. The maximum atomic E-state index is 12.8. The molecule has 2 unspecified atom stereocenters. The van der Waals surface area contributed by atoms with Crippen LogP contribution in [0.15, 0.2) is 97.2 Å². The molecule has 0 heterocycles. The van der Waals surface area contributed by atoms with Gasteiger partial charge in [0, 0.05) is 12.8 Å². The van der Waals surface area contributed by atoms with Gasteiger partial charge in [-0.15, -0.1) is 0 Å². The minimum Gasteiger partial charge on any atom is -0.756 e. The number of likely N-dealkylation sites (N-methyl/N-ethyl adjacent to an activating group) is 1. The number of unbranched alkanes of at least 4 members (excludes halogenated alkanes) is 26. The zero-order valence-corrected chi connectivity index (χ0v) is 50.6. The van der Waals surface area contributed by atoms with Crippen LogP contribution in [0.1, 0.15) is 258 Å². The Kier molecular flexibility index (Phi) is 54.4. The van der Waals surface area contributed by atoms with Gasteiger partial charge in [-0.2, -0.15) is 0 Å². The van der Waals surface area contributed by atoms with E-state index in [0.717, 1.165) is 96.3 Å². The smallest absolute Gasteiger partial charge is 0.306 e. The fraction of sp³-hybridized carbons (Fsp3) is 0.727. The van der Waals surface area contributed by atoms with E-state index in [9.17, 15) is 19.0 Å². The predicted octanol–water partition coefficient (Wildman–Crippen LogP) is 19.0. The highest BCUT2D eigenvalue weighted by Gasteiger charge is 2.22. The molecule has 0 aliphatic heterocycles. The van der Waals surface area contributed by atoms with Gasteiger partial charge in [0.25, 0.3) is 7.82 Å². The predicted molar refractivity (Wildman–Crippen MR) is 323 cm³/mol. The van der Waals surface area contributed by atoms with Crippen molar-refractivity contribution in [1.82, 2.24) is 0 Å². The van der Waals surface area contributed by atoms with Gasteiger partial charge in [-0.25, -0.2) is 0 Å². The van der Waals surface area contributed by atoms with E-state index in [1.54, 1.807) is 0 Å². The summed E-state index contributed by atoms with van der Waals surface area (Å²) in [5.74, 6) is -0.838. The molecule has 0 aromatic carbocycles. The average Bonchev–Trinajstić information content (AvgIpc) is 3.38. The topological polar surface area (TPSA) is 111 Å². The lowest BCUT2D eigenvalue weighted by atomic mass is 10.0. The van der Waals surface area contributed by atoms with Gasteiger partial charge in [0.1, 0.15) is 19.8 Å². The van der Waals surface area contributed by atoms with Gasteiger partial charge < -0.3 is 27.9 Å². The van der Waals surface area contributed by atoms with E-state index in [-0.39, 0.29) is 32.0 Å². The number of nitrogens with zero attached hydrogens (tertiary/aromatic N) is 1. The van der Waals surface area contributed by atoms with Crippen molar-refractivity contribution in [2.75, 3.05) is 47.5 Å². The molecular weight excluding hydrogens is 966 g/mol. The fourth-order valence-corrected chi connectivity index (χ4v) is 9.07. The van der Waals surface area contributed by atoms with Crippen molar-refractivity contribution in [3.05, 3.63) is 97.2 Å². The molecule has 0 radical (unpaired) electrons. The van der Waals surface area contributed by atoms with Crippen LogP contribution in [0.25, 0.3) is 0 Å². The zero-order chi connectivity index (χ0) is 55.6. The Hall–Kier alpha value is -3.07. The van der Waals surface area contributed by atoms with Crippen molar-refractivity contribution in [1.29, 1.82) is 0 Å². The Balaban J connectivity index is 4.09. The molecule has 10 heteroatoms. The third-order valence-corrected chi connectivity index (χ3v) is 14.1. The SMILES string of the molecule is CC/C=C\C/C=C\C/C=C\C/C=C\C/C=C\C/C=C\C/C=C\CCCCCCCCCCCCCCCC(=O)OC(COC(=O)CCCCCCCCC/C=C\CCCCCCCC)COP(=O)([O-])OCC[N+](C)(C)C. The lowest BCUT2D eigenvalue weighted by molar-refractivity contribution is -0.870. The second-order valence-electron chi connectivity index (χ2n) is 21.7. The molecule has 2 atom stereocenters. The zero-order valence-electron chi connectivity index (χ0n) is 49.7. The van der Waals surface area contributed by atoms with E-state index >= 15 is 0 Å². The summed E-state index contributed by atoms with van der Waals surface area (Å²) in [6.45, 7) is 4.12.